The quantitative estimate of drug-likeness (QED) is 0.241. The number of amides is 3. The fraction of sp³-hybridized carbons (Fsp3) is 0.618. The number of hydrogen-bond donors (Lipinski definition) is 2. The number of morpholine rings is 1. The highest BCUT2D eigenvalue weighted by atomic mass is 16.7. The van der Waals surface area contributed by atoms with Gasteiger partial charge in [0, 0.05) is 32.1 Å². The summed E-state index contributed by atoms with van der Waals surface area (Å²) in [6, 6.07) is 6.46. The molecule has 5 fully saturated rings. The van der Waals surface area contributed by atoms with Crippen molar-refractivity contribution in [2.24, 2.45) is 17.3 Å². The Kier molecular flexibility index (Phi) is 10.4. The predicted octanol–water partition coefficient (Wildman–Crippen LogP) is 2.19. The molecule has 1 aromatic heterocycles. The van der Waals surface area contributed by atoms with E-state index >= 15 is 0 Å². The van der Waals surface area contributed by atoms with E-state index in [2.05, 4.69) is 41.4 Å². The molecule has 1 aromatic carbocycles. The SMILES string of the molecule is COc1ccc(COCCC(NC(=O)C(CC(=O)N2CCOCC2)NC(=O)c2cnccn2)B2O[C@@H]3C[C@@H]4C[C@@H](C4(C)C)[C@]3(C)O2)cc1. The second-order valence-corrected chi connectivity index (χ2v) is 14.0. The van der Waals surface area contributed by atoms with Crippen LogP contribution in [0.5, 0.6) is 5.75 Å². The monoisotopic (exact) mass is 663 g/mol. The standard InChI is InChI=1S/C34H46BN5O8/c1-33(2)23-17-27(33)34(3)28(18-23)47-35(48-34)29(9-14-46-21-22-5-7-24(44-4)8-6-22)39-31(42)25(19-30(41)40-12-15-45-16-13-40)38-32(43)26-20-36-10-11-37-26/h5-8,10-11,20,23,25,27-29H,9,12-19,21H2,1-4H3,(H,38,43)(H,39,42)/t23-,25?,27-,28+,29?,34-/m0/s1. The van der Waals surface area contributed by atoms with Gasteiger partial charge in [-0.3, -0.25) is 19.4 Å². The lowest BCUT2D eigenvalue weighted by atomic mass is 9.43. The van der Waals surface area contributed by atoms with Gasteiger partial charge >= 0.3 is 7.12 Å². The van der Waals surface area contributed by atoms with Crippen LogP contribution in [0.4, 0.5) is 0 Å². The zero-order chi connectivity index (χ0) is 33.9. The molecule has 7 rings (SSSR count). The van der Waals surface area contributed by atoms with Gasteiger partial charge in [0.25, 0.3) is 5.91 Å². The van der Waals surface area contributed by atoms with Crippen molar-refractivity contribution in [1.82, 2.24) is 25.5 Å². The maximum Gasteiger partial charge on any atom is 0.481 e. The van der Waals surface area contributed by atoms with E-state index in [0.29, 0.717) is 57.8 Å². The summed E-state index contributed by atoms with van der Waals surface area (Å²) in [5.41, 5.74) is 0.693. The van der Waals surface area contributed by atoms with Crippen LogP contribution in [0, 0.1) is 17.3 Å². The Balaban J connectivity index is 1.17. The number of nitrogens with one attached hydrogen (secondary N) is 2. The summed E-state index contributed by atoms with van der Waals surface area (Å²) in [5.74, 6) is -0.322. The highest BCUT2D eigenvalue weighted by molar-refractivity contribution is 6.48. The second-order valence-electron chi connectivity index (χ2n) is 14.0. The lowest BCUT2D eigenvalue weighted by Gasteiger charge is -2.64. The third-order valence-electron chi connectivity index (χ3n) is 10.8. The summed E-state index contributed by atoms with van der Waals surface area (Å²) >= 11 is 0. The molecule has 2 aliphatic heterocycles. The smallest absolute Gasteiger partial charge is 0.481 e. The molecule has 2 saturated heterocycles. The van der Waals surface area contributed by atoms with Gasteiger partial charge in [0.2, 0.25) is 11.8 Å². The minimum absolute atomic E-state index is 0.0404. The number of nitrogens with zero attached hydrogens (tertiary/aromatic N) is 3. The molecule has 13 nitrogen and oxygen atoms in total. The first-order chi connectivity index (χ1) is 23.1. The summed E-state index contributed by atoms with van der Waals surface area (Å²) in [4.78, 5) is 50.2. The fourth-order valence-corrected chi connectivity index (χ4v) is 7.73. The van der Waals surface area contributed by atoms with Crippen molar-refractivity contribution in [2.75, 3.05) is 40.0 Å². The highest BCUT2D eigenvalue weighted by Gasteiger charge is 2.68. The zero-order valence-corrected chi connectivity index (χ0v) is 28.2. The molecule has 14 heteroatoms. The third kappa shape index (κ3) is 7.21. The van der Waals surface area contributed by atoms with Crippen LogP contribution in [0.25, 0.3) is 0 Å². The van der Waals surface area contributed by atoms with Gasteiger partial charge in [-0.2, -0.15) is 0 Å². The van der Waals surface area contributed by atoms with Gasteiger partial charge in [0.05, 0.1) is 57.2 Å². The van der Waals surface area contributed by atoms with E-state index in [4.69, 9.17) is 23.5 Å². The van der Waals surface area contributed by atoms with E-state index in [1.807, 2.05) is 24.3 Å². The Morgan fingerprint density at radius 1 is 1.08 bits per heavy atom. The van der Waals surface area contributed by atoms with Gasteiger partial charge < -0.3 is 39.1 Å². The molecule has 2 unspecified atom stereocenters. The van der Waals surface area contributed by atoms with Crippen molar-refractivity contribution >= 4 is 24.8 Å². The minimum atomic E-state index is -1.18. The lowest BCUT2D eigenvalue weighted by Crippen LogP contribution is -2.65. The molecule has 2 aromatic rings. The van der Waals surface area contributed by atoms with Crippen molar-refractivity contribution in [1.29, 1.82) is 0 Å². The average Bonchev–Trinajstić information content (AvgIpc) is 3.47. The predicted molar refractivity (Wildman–Crippen MR) is 175 cm³/mol. The van der Waals surface area contributed by atoms with Crippen molar-refractivity contribution in [3.8, 4) is 5.75 Å². The van der Waals surface area contributed by atoms with Crippen LogP contribution < -0.4 is 15.4 Å². The van der Waals surface area contributed by atoms with Crippen molar-refractivity contribution < 1.29 is 37.9 Å². The summed E-state index contributed by atoms with van der Waals surface area (Å²) in [5, 5.41) is 5.81. The lowest BCUT2D eigenvalue weighted by molar-refractivity contribution is -0.199. The number of carbonyl (C=O) groups is 3. The number of benzene rings is 1. The van der Waals surface area contributed by atoms with Crippen LogP contribution in [0.15, 0.2) is 42.9 Å². The summed E-state index contributed by atoms with van der Waals surface area (Å²) in [6.07, 6.45) is 6.22. The molecule has 3 aliphatic carbocycles. The Labute approximate surface area is 281 Å². The molecule has 258 valence electrons. The molecule has 48 heavy (non-hydrogen) atoms. The maximum atomic E-state index is 14.1. The van der Waals surface area contributed by atoms with Gasteiger partial charge in [0.15, 0.2) is 0 Å². The van der Waals surface area contributed by atoms with Gasteiger partial charge in [-0.25, -0.2) is 4.98 Å². The molecule has 5 aliphatic rings. The highest BCUT2D eigenvalue weighted by Crippen LogP contribution is 2.65. The molecule has 2 N–H and O–H groups in total. The number of carbonyl (C=O) groups excluding carboxylic acids is 3. The maximum absolute atomic E-state index is 14.1. The minimum Gasteiger partial charge on any atom is -0.497 e. The molecule has 3 heterocycles. The average molecular weight is 664 g/mol. The van der Waals surface area contributed by atoms with Crippen LogP contribution >= 0.6 is 0 Å². The molecule has 3 amide bonds. The molecule has 0 radical (unpaired) electrons. The van der Waals surface area contributed by atoms with E-state index < -0.39 is 36.5 Å². The Morgan fingerprint density at radius 2 is 1.85 bits per heavy atom. The van der Waals surface area contributed by atoms with E-state index in [1.165, 1.54) is 18.6 Å². The van der Waals surface area contributed by atoms with Crippen molar-refractivity contribution in [3.05, 3.63) is 54.1 Å². The number of aromatic nitrogens is 2. The van der Waals surface area contributed by atoms with Gasteiger partial charge in [-0.1, -0.05) is 26.0 Å². The van der Waals surface area contributed by atoms with E-state index in [1.54, 1.807) is 12.0 Å². The summed E-state index contributed by atoms with van der Waals surface area (Å²) in [6.45, 7) is 9.08. The Hall–Kier alpha value is -3.59. The van der Waals surface area contributed by atoms with E-state index in [0.717, 1.165) is 24.2 Å². The second kappa shape index (κ2) is 14.5. The van der Waals surface area contributed by atoms with E-state index in [-0.39, 0.29) is 29.5 Å². The largest absolute Gasteiger partial charge is 0.497 e. The fourth-order valence-electron chi connectivity index (χ4n) is 7.73. The van der Waals surface area contributed by atoms with Gasteiger partial charge in [0.1, 0.15) is 17.5 Å². The Morgan fingerprint density at radius 3 is 2.54 bits per heavy atom. The zero-order valence-electron chi connectivity index (χ0n) is 28.2. The van der Waals surface area contributed by atoms with Gasteiger partial charge in [-0.15, -0.1) is 0 Å². The van der Waals surface area contributed by atoms with Crippen molar-refractivity contribution in [2.45, 2.75) is 76.7 Å². The van der Waals surface area contributed by atoms with Crippen LogP contribution in [-0.2, 0) is 35.0 Å². The number of hydrogen-bond acceptors (Lipinski definition) is 10. The van der Waals surface area contributed by atoms with Gasteiger partial charge in [-0.05, 0) is 61.1 Å². The molecule has 6 atom stereocenters. The van der Waals surface area contributed by atoms with Crippen LogP contribution in [-0.4, -0.2) is 103 Å². The van der Waals surface area contributed by atoms with Crippen LogP contribution in [0.3, 0.4) is 0 Å². The molecule has 3 saturated carbocycles. The number of methoxy groups -OCH3 is 1. The molecular weight excluding hydrogens is 617 g/mol. The Bertz CT molecular complexity index is 1440. The molecule has 0 spiro atoms. The van der Waals surface area contributed by atoms with Crippen molar-refractivity contribution in [3.63, 3.8) is 0 Å². The topological polar surface area (TPSA) is 150 Å². The summed E-state index contributed by atoms with van der Waals surface area (Å²) < 4.78 is 30.0. The summed E-state index contributed by atoms with van der Waals surface area (Å²) in [7, 11) is 0.896. The van der Waals surface area contributed by atoms with Crippen LogP contribution in [0.2, 0.25) is 0 Å². The van der Waals surface area contributed by atoms with E-state index in [9.17, 15) is 14.4 Å². The molecular formula is C34H46BN5O8. The number of ether oxygens (including phenoxy) is 3. The van der Waals surface area contributed by atoms with Crippen LogP contribution in [0.1, 0.15) is 62.5 Å². The number of rotatable bonds is 13. The first kappa shape index (κ1) is 34.3. The normalized spacial score (nSPS) is 26.9. The first-order valence-corrected chi connectivity index (χ1v) is 16.8. The third-order valence-corrected chi connectivity index (χ3v) is 10.8. The molecule has 2 bridgehead atoms. The first-order valence-electron chi connectivity index (χ1n) is 16.8.